The van der Waals surface area contributed by atoms with E-state index < -0.39 is 28.5 Å². The molecule has 2 atom stereocenters. The Bertz CT molecular complexity index is 749. The van der Waals surface area contributed by atoms with Crippen molar-refractivity contribution in [1.29, 1.82) is 0 Å². The molecule has 1 aromatic rings. The lowest BCUT2D eigenvalue weighted by atomic mass is 9.69. The monoisotopic (exact) mass is 378 g/mol. The highest BCUT2D eigenvalue weighted by molar-refractivity contribution is 5.87. The van der Waals surface area contributed by atoms with Crippen LogP contribution < -0.4 is 16.5 Å². The molecule has 0 spiro atoms. The SMILES string of the molecule is CCC(C)C(NC(=O)CC1(c2oc(C)cc(=O)c2O)CCCCC1)C(N)=O. The van der Waals surface area contributed by atoms with Gasteiger partial charge in [0, 0.05) is 17.9 Å². The molecule has 0 aliphatic heterocycles. The van der Waals surface area contributed by atoms with E-state index in [0.717, 1.165) is 19.3 Å². The predicted molar refractivity (Wildman–Crippen MR) is 101 cm³/mol. The van der Waals surface area contributed by atoms with Gasteiger partial charge in [-0.25, -0.2) is 0 Å². The summed E-state index contributed by atoms with van der Waals surface area (Å²) in [6.45, 7) is 5.43. The van der Waals surface area contributed by atoms with Crippen LogP contribution in [-0.4, -0.2) is 23.0 Å². The Morgan fingerprint density at radius 3 is 2.52 bits per heavy atom. The smallest absolute Gasteiger partial charge is 0.240 e. The van der Waals surface area contributed by atoms with Crippen LogP contribution in [0.5, 0.6) is 5.75 Å². The van der Waals surface area contributed by atoms with E-state index in [-0.39, 0.29) is 24.0 Å². The third kappa shape index (κ3) is 4.70. The Morgan fingerprint density at radius 1 is 1.33 bits per heavy atom. The van der Waals surface area contributed by atoms with E-state index in [4.69, 9.17) is 10.2 Å². The minimum Gasteiger partial charge on any atom is -0.502 e. The summed E-state index contributed by atoms with van der Waals surface area (Å²) in [6.07, 6.45) is 4.76. The third-order valence-electron chi connectivity index (χ3n) is 5.67. The quantitative estimate of drug-likeness (QED) is 0.672. The summed E-state index contributed by atoms with van der Waals surface area (Å²) in [5.41, 5.74) is 4.19. The van der Waals surface area contributed by atoms with Crippen molar-refractivity contribution < 1.29 is 19.1 Å². The molecule has 27 heavy (non-hydrogen) atoms. The van der Waals surface area contributed by atoms with Gasteiger partial charge < -0.3 is 20.6 Å². The Hall–Kier alpha value is -2.31. The molecule has 1 aromatic heterocycles. The van der Waals surface area contributed by atoms with Gasteiger partial charge in [-0.1, -0.05) is 39.5 Å². The van der Waals surface area contributed by atoms with E-state index in [1.807, 2.05) is 13.8 Å². The molecule has 150 valence electrons. The van der Waals surface area contributed by atoms with Gasteiger partial charge in [-0.2, -0.15) is 0 Å². The number of primary amides is 1. The number of hydrogen-bond acceptors (Lipinski definition) is 5. The second kappa shape index (κ2) is 8.59. The lowest BCUT2D eigenvalue weighted by molar-refractivity contribution is -0.129. The number of carbonyl (C=O) groups excluding carboxylic acids is 2. The molecule has 2 amide bonds. The van der Waals surface area contributed by atoms with Gasteiger partial charge in [0.15, 0.2) is 5.76 Å². The number of aryl methyl sites for hydroxylation is 1. The van der Waals surface area contributed by atoms with Gasteiger partial charge >= 0.3 is 0 Å². The van der Waals surface area contributed by atoms with Crippen molar-refractivity contribution in [3.05, 3.63) is 27.8 Å². The molecule has 1 fully saturated rings. The molecule has 0 radical (unpaired) electrons. The van der Waals surface area contributed by atoms with E-state index in [1.165, 1.54) is 6.07 Å². The molecule has 2 rings (SSSR count). The molecule has 1 heterocycles. The lowest BCUT2D eigenvalue weighted by Gasteiger charge is -2.36. The first-order chi connectivity index (χ1) is 12.7. The summed E-state index contributed by atoms with van der Waals surface area (Å²) in [5.74, 6) is -0.832. The third-order valence-corrected chi connectivity index (χ3v) is 5.67. The largest absolute Gasteiger partial charge is 0.502 e. The van der Waals surface area contributed by atoms with Crippen molar-refractivity contribution in [2.75, 3.05) is 0 Å². The van der Waals surface area contributed by atoms with Crippen molar-refractivity contribution in [3.8, 4) is 5.75 Å². The maximum Gasteiger partial charge on any atom is 0.240 e. The zero-order valence-corrected chi connectivity index (χ0v) is 16.3. The topological polar surface area (TPSA) is 123 Å². The molecule has 7 heteroatoms. The Kier molecular flexibility index (Phi) is 6.68. The van der Waals surface area contributed by atoms with Crippen LogP contribution >= 0.6 is 0 Å². The first kappa shape index (κ1) is 21.0. The number of nitrogens with one attached hydrogen (secondary N) is 1. The molecule has 1 aliphatic rings. The van der Waals surface area contributed by atoms with E-state index in [0.29, 0.717) is 25.0 Å². The van der Waals surface area contributed by atoms with Gasteiger partial charge in [0.05, 0.1) is 0 Å². The summed E-state index contributed by atoms with van der Waals surface area (Å²) in [7, 11) is 0. The van der Waals surface area contributed by atoms with E-state index >= 15 is 0 Å². The minimum absolute atomic E-state index is 0.0349. The number of aromatic hydroxyl groups is 1. The highest BCUT2D eigenvalue weighted by Crippen LogP contribution is 2.45. The number of carbonyl (C=O) groups is 2. The van der Waals surface area contributed by atoms with Crippen LogP contribution in [0.15, 0.2) is 15.3 Å². The fraction of sp³-hybridized carbons (Fsp3) is 0.650. The van der Waals surface area contributed by atoms with Crippen molar-refractivity contribution in [2.24, 2.45) is 11.7 Å². The van der Waals surface area contributed by atoms with Crippen molar-refractivity contribution in [3.63, 3.8) is 0 Å². The summed E-state index contributed by atoms with van der Waals surface area (Å²) >= 11 is 0. The van der Waals surface area contributed by atoms with Crippen LogP contribution in [0.4, 0.5) is 0 Å². The van der Waals surface area contributed by atoms with E-state index in [2.05, 4.69) is 5.32 Å². The molecule has 2 unspecified atom stereocenters. The number of amides is 2. The van der Waals surface area contributed by atoms with Gasteiger partial charge in [-0.15, -0.1) is 0 Å². The highest BCUT2D eigenvalue weighted by atomic mass is 16.4. The maximum atomic E-state index is 12.8. The van der Waals surface area contributed by atoms with Gasteiger partial charge in [0.25, 0.3) is 0 Å². The van der Waals surface area contributed by atoms with Crippen LogP contribution in [-0.2, 0) is 15.0 Å². The highest BCUT2D eigenvalue weighted by Gasteiger charge is 2.42. The fourth-order valence-corrected chi connectivity index (χ4v) is 3.94. The van der Waals surface area contributed by atoms with E-state index in [9.17, 15) is 19.5 Å². The molecule has 4 N–H and O–H groups in total. The average molecular weight is 378 g/mol. The first-order valence-corrected chi connectivity index (χ1v) is 9.63. The standard InChI is InChI=1S/C20H30N2O5/c1-4-12(2)16(19(21)26)22-15(24)11-20(8-6-5-7-9-20)18-17(25)14(23)10-13(3)27-18/h10,12,16,25H,4-9,11H2,1-3H3,(H2,21,26)(H,22,24). The van der Waals surface area contributed by atoms with Gasteiger partial charge in [0.1, 0.15) is 11.8 Å². The summed E-state index contributed by atoms with van der Waals surface area (Å²) < 4.78 is 5.73. The Labute approximate surface area is 159 Å². The van der Waals surface area contributed by atoms with Crippen LogP contribution in [0.2, 0.25) is 0 Å². The van der Waals surface area contributed by atoms with Crippen LogP contribution in [0.3, 0.4) is 0 Å². The van der Waals surface area contributed by atoms with Gasteiger partial charge in [-0.05, 0) is 25.7 Å². The molecule has 7 nitrogen and oxygen atoms in total. The van der Waals surface area contributed by atoms with Crippen molar-refractivity contribution >= 4 is 11.8 Å². The normalized spacial score (nSPS) is 18.5. The van der Waals surface area contributed by atoms with Crippen LogP contribution in [0, 0.1) is 12.8 Å². The van der Waals surface area contributed by atoms with Crippen LogP contribution in [0.1, 0.15) is 70.3 Å². The molecule has 1 saturated carbocycles. The molecular weight excluding hydrogens is 348 g/mol. The zero-order chi connectivity index (χ0) is 20.2. The number of hydrogen-bond donors (Lipinski definition) is 3. The molecule has 0 saturated heterocycles. The Balaban J connectivity index is 2.33. The second-order valence-electron chi connectivity index (χ2n) is 7.75. The van der Waals surface area contributed by atoms with Gasteiger partial charge in [0.2, 0.25) is 23.0 Å². The molecular formula is C20H30N2O5. The summed E-state index contributed by atoms with van der Waals surface area (Å²) in [5, 5.41) is 13.1. The minimum atomic E-state index is -0.755. The summed E-state index contributed by atoms with van der Waals surface area (Å²) in [6, 6.07) is 0.489. The van der Waals surface area contributed by atoms with Crippen molar-refractivity contribution in [2.45, 2.75) is 77.2 Å². The predicted octanol–water partition coefficient (Wildman–Crippen LogP) is 2.26. The first-order valence-electron chi connectivity index (χ1n) is 9.63. The summed E-state index contributed by atoms with van der Waals surface area (Å²) in [4.78, 5) is 36.6. The lowest BCUT2D eigenvalue weighted by Crippen LogP contribution is -2.50. The van der Waals surface area contributed by atoms with E-state index in [1.54, 1.807) is 6.92 Å². The molecule has 0 aromatic carbocycles. The average Bonchev–Trinajstić information content (AvgIpc) is 2.62. The number of rotatable bonds is 7. The van der Waals surface area contributed by atoms with Crippen LogP contribution in [0.25, 0.3) is 0 Å². The molecule has 1 aliphatic carbocycles. The van der Waals surface area contributed by atoms with Crippen molar-refractivity contribution in [1.82, 2.24) is 5.32 Å². The zero-order valence-electron chi connectivity index (χ0n) is 16.3. The van der Waals surface area contributed by atoms with Gasteiger partial charge in [-0.3, -0.25) is 14.4 Å². The number of nitrogens with two attached hydrogens (primary N) is 1. The maximum absolute atomic E-state index is 12.8. The second-order valence-corrected chi connectivity index (χ2v) is 7.75. The Morgan fingerprint density at radius 2 is 1.96 bits per heavy atom. The fourth-order valence-electron chi connectivity index (χ4n) is 3.94. The molecule has 0 bridgehead atoms.